The number of carbonyl (C=O) groups excluding carboxylic acids is 2. The summed E-state index contributed by atoms with van der Waals surface area (Å²) in [7, 11) is 0. The van der Waals surface area contributed by atoms with E-state index in [1.165, 1.54) is 6.92 Å². The summed E-state index contributed by atoms with van der Waals surface area (Å²) in [5.41, 5.74) is 0. The lowest BCUT2D eigenvalue weighted by Crippen LogP contribution is -2.29. The molecule has 0 aliphatic rings. The van der Waals surface area contributed by atoms with Crippen LogP contribution in [0.2, 0.25) is 0 Å². The number of amides is 1. The number of hydrogen-bond donors (Lipinski definition) is 2. The summed E-state index contributed by atoms with van der Waals surface area (Å²) < 4.78 is 69.5. The molecular weight excluding hydrogens is 339 g/mol. The summed E-state index contributed by atoms with van der Waals surface area (Å²) in [4.78, 5) is 22.0. The molecule has 1 amide bonds. The Morgan fingerprint density at radius 1 is 0.875 bits per heavy atom. The zero-order chi connectivity index (χ0) is 18.3. The first-order valence-electron chi connectivity index (χ1n) is 6.93. The molecule has 5 nitrogen and oxygen atoms in total. The molecule has 0 atom stereocenters. The number of hydrogen-bond acceptors (Lipinski definition) is 4. The fourth-order valence-electron chi connectivity index (χ4n) is 1.65. The van der Waals surface area contributed by atoms with Gasteiger partial charge in [0, 0.05) is 13.5 Å². The van der Waals surface area contributed by atoms with Crippen molar-refractivity contribution in [3.63, 3.8) is 0 Å². The molecule has 1 rings (SSSR count). The smallest absolute Gasteiger partial charge is 0.325 e. The van der Waals surface area contributed by atoms with Gasteiger partial charge in [0.25, 0.3) is 0 Å². The van der Waals surface area contributed by atoms with E-state index in [-0.39, 0.29) is 5.91 Å². The van der Waals surface area contributed by atoms with Crippen molar-refractivity contribution < 1.29 is 36.3 Å². The van der Waals surface area contributed by atoms with Gasteiger partial charge in [-0.1, -0.05) is 0 Å². The molecule has 1 aromatic carbocycles. The summed E-state index contributed by atoms with van der Waals surface area (Å²) in [5.74, 6) is -14.2. The number of benzene rings is 1. The Kier molecular flexibility index (Phi) is 7.56. The van der Waals surface area contributed by atoms with Crippen LogP contribution in [0.4, 0.5) is 22.0 Å². The summed E-state index contributed by atoms with van der Waals surface area (Å²) in [6.45, 7) is 1.66. The SMILES string of the molecule is CC(=O)NCCCCNCC(=O)Oc1c(F)c(F)c(F)c(F)c1F. The first-order chi connectivity index (χ1) is 11.3. The van der Waals surface area contributed by atoms with Crippen LogP contribution in [0.5, 0.6) is 5.75 Å². The highest BCUT2D eigenvalue weighted by atomic mass is 19.2. The van der Waals surface area contributed by atoms with E-state index >= 15 is 0 Å². The Hall–Kier alpha value is -2.23. The molecule has 0 saturated heterocycles. The molecule has 24 heavy (non-hydrogen) atoms. The molecule has 0 aliphatic carbocycles. The third-order valence-corrected chi connectivity index (χ3v) is 2.81. The van der Waals surface area contributed by atoms with Crippen molar-refractivity contribution in [2.24, 2.45) is 0 Å². The van der Waals surface area contributed by atoms with Crippen molar-refractivity contribution in [1.29, 1.82) is 0 Å². The molecule has 10 heteroatoms. The van der Waals surface area contributed by atoms with Crippen molar-refractivity contribution >= 4 is 11.9 Å². The normalized spacial score (nSPS) is 10.6. The first-order valence-corrected chi connectivity index (χ1v) is 6.93. The van der Waals surface area contributed by atoms with Crippen LogP contribution in [0.15, 0.2) is 0 Å². The van der Waals surface area contributed by atoms with Crippen LogP contribution in [0.1, 0.15) is 19.8 Å². The minimum absolute atomic E-state index is 0.172. The molecule has 0 radical (unpaired) electrons. The zero-order valence-electron chi connectivity index (χ0n) is 12.7. The van der Waals surface area contributed by atoms with Crippen LogP contribution in [-0.2, 0) is 9.59 Å². The van der Waals surface area contributed by atoms with Crippen LogP contribution < -0.4 is 15.4 Å². The second-order valence-corrected chi connectivity index (χ2v) is 4.74. The van der Waals surface area contributed by atoms with Crippen molar-refractivity contribution in [1.82, 2.24) is 10.6 Å². The molecule has 134 valence electrons. The number of nitrogens with one attached hydrogen (secondary N) is 2. The maximum Gasteiger partial charge on any atom is 0.325 e. The Bertz CT molecular complexity index is 596. The van der Waals surface area contributed by atoms with Crippen LogP contribution in [0.25, 0.3) is 0 Å². The number of halogens is 5. The predicted octanol–water partition coefficient (Wildman–Crippen LogP) is 1.79. The molecule has 0 aliphatic heterocycles. The molecular formula is C14H15F5N2O3. The predicted molar refractivity (Wildman–Crippen MR) is 72.7 cm³/mol. The lowest BCUT2D eigenvalue weighted by molar-refractivity contribution is -0.133. The summed E-state index contributed by atoms with van der Waals surface area (Å²) >= 11 is 0. The average Bonchev–Trinajstić information content (AvgIpc) is 2.54. The van der Waals surface area contributed by atoms with Gasteiger partial charge in [0.2, 0.25) is 40.7 Å². The highest BCUT2D eigenvalue weighted by Gasteiger charge is 2.28. The number of carbonyl (C=O) groups is 2. The highest BCUT2D eigenvalue weighted by molar-refractivity contribution is 5.74. The molecule has 0 saturated carbocycles. The third kappa shape index (κ3) is 5.44. The third-order valence-electron chi connectivity index (χ3n) is 2.81. The van der Waals surface area contributed by atoms with Gasteiger partial charge >= 0.3 is 5.97 Å². The van der Waals surface area contributed by atoms with E-state index in [1.54, 1.807) is 0 Å². The van der Waals surface area contributed by atoms with Crippen LogP contribution in [0, 0.1) is 29.1 Å². The summed E-state index contributed by atoms with van der Waals surface area (Å²) in [5, 5.41) is 5.14. The zero-order valence-corrected chi connectivity index (χ0v) is 12.7. The van der Waals surface area contributed by atoms with E-state index in [0.29, 0.717) is 25.9 Å². The van der Waals surface area contributed by atoms with E-state index in [0.717, 1.165) is 0 Å². The van der Waals surface area contributed by atoms with E-state index in [4.69, 9.17) is 0 Å². The molecule has 0 heterocycles. The highest BCUT2D eigenvalue weighted by Crippen LogP contribution is 2.29. The molecule has 1 aromatic rings. The second-order valence-electron chi connectivity index (χ2n) is 4.74. The maximum atomic E-state index is 13.3. The number of esters is 1. The van der Waals surface area contributed by atoms with Crippen molar-refractivity contribution in [3.8, 4) is 5.75 Å². The Balaban J connectivity index is 2.45. The van der Waals surface area contributed by atoms with Crippen molar-refractivity contribution in [2.75, 3.05) is 19.6 Å². The Morgan fingerprint density at radius 2 is 1.38 bits per heavy atom. The number of ether oxygens (including phenoxy) is 1. The van der Waals surface area contributed by atoms with Gasteiger partial charge in [0.1, 0.15) is 0 Å². The number of unbranched alkanes of at least 4 members (excludes halogenated alkanes) is 1. The van der Waals surface area contributed by atoms with Gasteiger partial charge in [-0.05, 0) is 19.4 Å². The molecule has 0 unspecified atom stereocenters. The average molecular weight is 354 g/mol. The van der Waals surface area contributed by atoms with E-state index in [1.807, 2.05) is 0 Å². The van der Waals surface area contributed by atoms with Crippen molar-refractivity contribution in [2.45, 2.75) is 19.8 Å². The largest absolute Gasteiger partial charge is 0.419 e. The van der Waals surface area contributed by atoms with Crippen molar-refractivity contribution in [3.05, 3.63) is 29.1 Å². The molecule has 0 spiro atoms. The molecule has 0 bridgehead atoms. The first kappa shape index (κ1) is 19.8. The monoisotopic (exact) mass is 354 g/mol. The fraction of sp³-hybridized carbons (Fsp3) is 0.429. The minimum Gasteiger partial charge on any atom is -0.419 e. The maximum absolute atomic E-state index is 13.3. The second kappa shape index (κ2) is 9.16. The van der Waals surface area contributed by atoms with Gasteiger partial charge in [-0.2, -0.15) is 8.78 Å². The van der Waals surface area contributed by atoms with Gasteiger partial charge in [-0.25, -0.2) is 13.2 Å². The number of rotatable bonds is 8. The quantitative estimate of drug-likeness (QED) is 0.187. The lowest BCUT2D eigenvalue weighted by Gasteiger charge is -2.09. The van der Waals surface area contributed by atoms with Gasteiger partial charge in [-0.3, -0.25) is 9.59 Å². The summed E-state index contributed by atoms with van der Waals surface area (Å²) in [6.07, 6.45) is 1.20. The van der Waals surface area contributed by atoms with Crippen LogP contribution in [-0.4, -0.2) is 31.5 Å². The van der Waals surface area contributed by atoms with E-state index in [2.05, 4.69) is 15.4 Å². The van der Waals surface area contributed by atoms with E-state index in [9.17, 15) is 31.5 Å². The van der Waals surface area contributed by atoms with Gasteiger partial charge < -0.3 is 15.4 Å². The lowest BCUT2D eigenvalue weighted by atomic mass is 10.2. The van der Waals surface area contributed by atoms with E-state index < -0.39 is 47.3 Å². The Labute approximate surface area is 134 Å². The van der Waals surface area contributed by atoms with Crippen LogP contribution >= 0.6 is 0 Å². The molecule has 0 fully saturated rings. The summed E-state index contributed by atoms with van der Waals surface area (Å²) in [6, 6.07) is 0. The minimum atomic E-state index is -2.33. The van der Waals surface area contributed by atoms with Gasteiger partial charge in [0.15, 0.2) is 0 Å². The van der Waals surface area contributed by atoms with Gasteiger partial charge in [0.05, 0.1) is 6.54 Å². The Morgan fingerprint density at radius 3 is 1.92 bits per heavy atom. The topological polar surface area (TPSA) is 67.4 Å². The molecule has 0 aromatic heterocycles. The van der Waals surface area contributed by atoms with Crippen LogP contribution in [0.3, 0.4) is 0 Å². The standard InChI is InChI=1S/C14H15F5N2O3/c1-7(22)21-5-3-2-4-20-6-8(23)24-14-12(18)10(16)9(15)11(17)13(14)19/h20H,2-6H2,1H3,(H,21,22). The fourth-order valence-corrected chi connectivity index (χ4v) is 1.65. The molecule has 2 N–H and O–H groups in total. The van der Waals surface area contributed by atoms with Gasteiger partial charge in [-0.15, -0.1) is 0 Å².